The highest BCUT2D eigenvalue weighted by atomic mass is 16.5. The van der Waals surface area contributed by atoms with E-state index in [1.54, 1.807) is 6.20 Å². The summed E-state index contributed by atoms with van der Waals surface area (Å²) in [6.45, 7) is 3.99. The normalized spacial score (nSPS) is 22.8. The second-order valence-corrected chi connectivity index (χ2v) is 4.96. The zero-order valence-electron chi connectivity index (χ0n) is 10.4. The van der Waals surface area contributed by atoms with Gasteiger partial charge in [0, 0.05) is 12.1 Å². The molecular weight excluding hydrogens is 230 g/mol. The third-order valence-electron chi connectivity index (χ3n) is 3.33. The summed E-state index contributed by atoms with van der Waals surface area (Å²) in [5, 5.41) is 13.3. The van der Waals surface area contributed by atoms with Crippen LogP contribution in [0, 0.1) is 13.8 Å². The molecule has 0 aromatic carbocycles. The summed E-state index contributed by atoms with van der Waals surface area (Å²) >= 11 is 0. The van der Waals surface area contributed by atoms with Crippen molar-refractivity contribution in [2.45, 2.75) is 38.7 Å². The lowest BCUT2D eigenvalue weighted by Crippen LogP contribution is -2.26. The number of nitrogens with zero attached hydrogens (tertiary/aromatic N) is 3. The highest BCUT2D eigenvalue weighted by molar-refractivity contribution is 5.54. The van der Waals surface area contributed by atoms with Gasteiger partial charge in [0.25, 0.3) is 0 Å². The molecule has 0 atom stereocenters. The standard InChI is InChI=1S/C13H15N3O2/c1-7-3-8(2)11(14-6-7)12-15-13(18-16-12)9-4-10(17)5-9/h3,6,9-10,17H,4-5H2,1-2H3. The van der Waals surface area contributed by atoms with Gasteiger partial charge in [-0.2, -0.15) is 4.98 Å². The molecule has 2 aromatic rings. The smallest absolute Gasteiger partial charge is 0.230 e. The van der Waals surface area contributed by atoms with Crippen LogP contribution >= 0.6 is 0 Å². The summed E-state index contributed by atoms with van der Waals surface area (Å²) in [6, 6.07) is 2.05. The van der Waals surface area contributed by atoms with E-state index in [-0.39, 0.29) is 12.0 Å². The molecule has 1 saturated carbocycles. The average molecular weight is 245 g/mol. The third kappa shape index (κ3) is 1.90. The third-order valence-corrected chi connectivity index (χ3v) is 3.33. The zero-order valence-corrected chi connectivity index (χ0v) is 10.4. The van der Waals surface area contributed by atoms with Crippen molar-refractivity contribution >= 4 is 0 Å². The summed E-state index contributed by atoms with van der Waals surface area (Å²) in [7, 11) is 0. The molecule has 94 valence electrons. The second kappa shape index (κ2) is 4.17. The van der Waals surface area contributed by atoms with E-state index in [0.717, 1.165) is 16.8 Å². The van der Waals surface area contributed by atoms with Gasteiger partial charge in [0.1, 0.15) is 5.69 Å². The number of aliphatic hydroxyl groups excluding tert-OH is 1. The van der Waals surface area contributed by atoms with E-state index in [2.05, 4.69) is 15.1 Å². The lowest BCUT2D eigenvalue weighted by Gasteiger charge is -2.27. The first-order valence-electron chi connectivity index (χ1n) is 6.09. The van der Waals surface area contributed by atoms with E-state index in [0.29, 0.717) is 24.6 Å². The lowest BCUT2D eigenvalue weighted by atomic mass is 9.82. The van der Waals surface area contributed by atoms with Crippen molar-refractivity contribution in [3.8, 4) is 11.5 Å². The predicted molar refractivity (Wildman–Crippen MR) is 65.0 cm³/mol. The average Bonchev–Trinajstić information content (AvgIpc) is 2.73. The van der Waals surface area contributed by atoms with Crippen molar-refractivity contribution in [2.75, 3.05) is 0 Å². The predicted octanol–water partition coefficient (Wildman–Crippen LogP) is 1.99. The van der Waals surface area contributed by atoms with E-state index in [1.165, 1.54) is 0 Å². The number of hydrogen-bond acceptors (Lipinski definition) is 5. The fourth-order valence-corrected chi connectivity index (χ4v) is 2.24. The molecule has 1 N–H and O–H groups in total. The Morgan fingerprint density at radius 3 is 2.78 bits per heavy atom. The maximum Gasteiger partial charge on any atom is 0.230 e. The van der Waals surface area contributed by atoms with Crippen molar-refractivity contribution in [2.24, 2.45) is 0 Å². The Bertz CT molecular complexity index is 573. The van der Waals surface area contributed by atoms with E-state index in [1.807, 2.05) is 19.9 Å². The molecule has 5 heteroatoms. The van der Waals surface area contributed by atoms with Gasteiger partial charge in [-0.1, -0.05) is 11.2 Å². The van der Waals surface area contributed by atoms with Gasteiger partial charge in [0.2, 0.25) is 11.7 Å². The molecular formula is C13H15N3O2. The molecule has 5 nitrogen and oxygen atoms in total. The molecule has 2 aromatic heterocycles. The van der Waals surface area contributed by atoms with Crippen LogP contribution in [0.3, 0.4) is 0 Å². The molecule has 0 saturated heterocycles. The number of pyridine rings is 1. The van der Waals surface area contributed by atoms with Gasteiger partial charge in [-0.3, -0.25) is 4.98 Å². The second-order valence-electron chi connectivity index (χ2n) is 4.96. The van der Waals surface area contributed by atoms with Crippen LogP contribution in [-0.4, -0.2) is 26.3 Å². The van der Waals surface area contributed by atoms with Crippen LogP contribution in [0.25, 0.3) is 11.5 Å². The first-order chi connectivity index (χ1) is 8.63. The molecule has 0 radical (unpaired) electrons. The molecule has 1 fully saturated rings. The van der Waals surface area contributed by atoms with Crippen molar-refractivity contribution in [1.82, 2.24) is 15.1 Å². The van der Waals surface area contributed by atoms with Gasteiger partial charge in [-0.05, 0) is 37.8 Å². The summed E-state index contributed by atoms with van der Waals surface area (Å²) in [5.74, 6) is 1.34. The van der Waals surface area contributed by atoms with Crippen LogP contribution < -0.4 is 0 Å². The van der Waals surface area contributed by atoms with Crippen LogP contribution in [-0.2, 0) is 0 Å². The Kier molecular flexibility index (Phi) is 2.63. The first kappa shape index (κ1) is 11.3. The van der Waals surface area contributed by atoms with Gasteiger partial charge >= 0.3 is 0 Å². The topological polar surface area (TPSA) is 72.0 Å². The molecule has 0 bridgehead atoms. The number of aryl methyl sites for hydroxylation is 2. The summed E-state index contributed by atoms with van der Waals surface area (Å²) in [5.41, 5.74) is 2.91. The lowest BCUT2D eigenvalue weighted by molar-refractivity contribution is 0.0625. The van der Waals surface area contributed by atoms with Crippen molar-refractivity contribution in [3.05, 3.63) is 29.3 Å². The fraction of sp³-hybridized carbons (Fsp3) is 0.462. The van der Waals surface area contributed by atoms with Crippen LogP contribution in [0.15, 0.2) is 16.8 Å². The number of aromatic nitrogens is 3. The number of hydrogen-bond donors (Lipinski definition) is 1. The van der Waals surface area contributed by atoms with Crippen LogP contribution in [0.1, 0.15) is 35.8 Å². The van der Waals surface area contributed by atoms with Crippen molar-refractivity contribution < 1.29 is 9.63 Å². The number of rotatable bonds is 2. The van der Waals surface area contributed by atoms with Crippen molar-refractivity contribution in [1.29, 1.82) is 0 Å². The van der Waals surface area contributed by atoms with Gasteiger partial charge < -0.3 is 9.63 Å². The maximum atomic E-state index is 9.28. The Morgan fingerprint density at radius 2 is 2.11 bits per heavy atom. The Labute approximate surface area is 105 Å². The quantitative estimate of drug-likeness (QED) is 0.876. The minimum Gasteiger partial charge on any atom is -0.393 e. The van der Waals surface area contributed by atoms with Crippen LogP contribution in [0.4, 0.5) is 0 Å². The van der Waals surface area contributed by atoms with Crippen LogP contribution in [0.2, 0.25) is 0 Å². The van der Waals surface area contributed by atoms with Crippen molar-refractivity contribution in [3.63, 3.8) is 0 Å². The van der Waals surface area contributed by atoms with Gasteiger partial charge in [0.05, 0.1) is 6.10 Å². The summed E-state index contributed by atoms with van der Waals surface area (Å²) in [4.78, 5) is 8.72. The highest BCUT2D eigenvalue weighted by Gasteiger charge is 2.33. The summed E-state index contributed by atoms with van der Waals surface area (Å²) < 4.78 is 5.24. The molecule has 18 heavy (non-hydrogen) atoms. The fourth-order valence-electron chi connectivity index (χ4n) is 2.24. The monoisotopic (exact) mass is 245 g/mol. The SMILES string of the molecule is Cc1cnc(-c2noc(C3CC(O)C3)n2)c(C)c1. The first-order valence-corrected chi connectivity index (χ1v) is 6.09. The molecule has 0 spiro atoms. The molecule has 1 aliphatic carbocycles. The summed E-state index contributed by atoms with van der Waals surface area (Å²) in [6.07, 6.45) is 3.00. The van der Waals surface area contributed by atoms with Gasteiger partial charge in [-0.25, -0.2) is 0 Å². The zero-order chi connectivity index (χ0) is 12.7. The largest absolute Gasteiger partial charge is 0.393 e. The van der Waals surface area contributed by atoms with Crippen LogP contribution in [0.5, 0.6) is 0 Å². The Hall–Kier alpha value is -1.75. The molecule has 0 unspecified atom stereocenters. The van der Waals surface area contributed by atoms with E-state index >= 15 is 0 Å². The van der Waals surface area contributed by atoms with E-state index in [4.69, 9.17) is 4.52 Å². The van der Waals surface area contributed by atoms with Gasteiger partial charge in [0.15, 0.2) is 0 Å². The van der Waals surface area contributed by atoms with E-state index in [9.17, 15) is 5.11 Å². The molecule has 2 heterocycles. The van der Waals surface area contributed by atoms with Gasteiger partial charge in [-0.15, -0.1) is 0 Å². The molecule has 3 rings (SSSR count). The molecule has 0 aliphatic heterocycles. The highest BCUT2D eigenvalue weighted by Crippen LogP contribution is 2.36. The Balaban J connectivity index is 1.88. The Morgan fingerprint density at radius 1 is 1.33 bits per heavy atom. The number of aliphatic hydroxyl groups is 1. The van der Waals surface area contributed by atoms with E-state index < -0.39 is 0 Å². The minimum atomic E-state index is -0.218. The minimum absolute atomic E-state index is 0.201. The molecule has 0 amide bonds. The molecule has 1 aliphatic rings. The maximum absolute atomic E-state index is 9.28.